The highest BCUT2D eigenvalue weighted by atomic mass is 35.5. The van der Waals surface area contributed by atoms with Gasteiger partial charge in [-0.2, -0.15) is 0 Å². The second-order valence-corrected chi connectivity index (χ2v) is 20.8. The Morgan fingerprint density at radius 3 is 1.19 bits per heavy atom. The number of hydrogen-bond acceptors (Lipinski definition) is 21. The van der Waals surface area contributed by atoms with Crippen molar-refractivity contribution in [1.29, 1.82) is 0 Å². The number of ether oxygens (including phenoxy) is 1. The van der Waals surface area contributed by atoms with E-state index in [2.05, 4.69) is 59.8 Å². The molecule has 3 N–H and O–H groups in total. The summed E-state index contributed by atoms with van der Waals surface area (Å²) in [5, 5.41) is 23.7. The molecule has 0 aliphatic heterocycles. The maximum absolute atomic E-state index is 11.4. The van der Waals surface area contributed by atoms with Gasteiger partial charge in [0.1, 0.15) is 59.1 Å². The van der Waals surface area contributed by atoms with Gasteiger partial charge in [0.2, 0.25) is 0 Å². The minimum atomic E-state index is -0.335. The van der Waals surface area contributed by atoms with Crippen molar-refractivity contribution in [3.63, 3.8) is 0 Å². The number of anilines is 4. The zero-order valence-electron chi connectivity index (χ0n) is 50.3. The summed E-state index contributed by atoms with van der Waals surface area (Å²) in [6.45, 7) is 1.08. The van der Waals surface area contributed by atoms with Crippen LogP contribution in [0.5, 0.6) is 0 Å². The monoisotopic (exact) mass is 1260 g/mol. The first-order valence-corrected chi connectivity index (χ1v) is 28.9. The van der Waals surface area contributed by atoms with Crippen LogP contribution < -0.4 is 25.2 Å². The molecule has 0 fully saturated rings. The number of aliphatic hydroxyl groups is 2. The highest BCUT2D eigenvalue weighted by molar-refractivity contribution is 6.34. The molecule has 0 aliphatic rings. The van der Waals surface area contributed by atoms with E-state index in [1.54, 1.807) is 24.3 Å². The number of nitrogens with one attached hydrogen (secondary N) is 1. The lowest BCUT2D eigenvalue weighted by atomic mass is 10.2. The van der Waals surface area contributed by atoms with Crippen molar-refractivity contribution in [2.45, 2.75) is 38.5 Å². The molecule has 0 spiro atoms. The molecule has 25 heteroatoms. The normalized spacial score (nSPS) is 10.5. The fraction of sp³-hybridized carbons (Fsp3) is 0.219. The summed E-state index contributed by atoms with van der Waals surface area (Å²) in [6.07, 6.45) is 0.666. The summed E-state index contributed by atoms with van der Waals surface area (Å²) in [6, 6.07) is 45.7. The number of hydrogen-bond donors (Lipinski definition) is 3. The van der Waals surface area contributed by atoms with E-state index < -0.39 is 0 Å². The number of aromatic amines is 1. The number of nitrogens with zero attached hydrogens (tertiary/aromatic N) is 15. The molecular formula is C64H65Cl3N16O6. The standard InChI is InChI=1S/C13H15N3O2.C11H12ClN3.C11H13N3O.C11H11N3O.C9H6Cl2N2.C9H8N2O2/c1-9(17)18-8-12-14-11-7-5-4-6-10(11)13(15-12)16(2)3;1-15(2)11-8-5-3-4-6-9(8)13-10(7-12)14-11;2*1-14(2)11-8-5-3-4-6-9(8)12-10(7-15)13-11;10-5-8-12-7-4-2-1-3-6(7)9(11)13-8;12-5-8-10-7-4-2-1-3-6(7)9(13)11-8/h4-7H,8H2,1-3H3;3-6H,7H2,1-2H3;3-6,15H,7H2,1-2H3;3-7H,1-2H3;1-4H,5H2;1-4,12H,5H2,(H,10,11,13). The predicted octanol–water partition coefficient (Wildman–Crippen LogP) is 10.3. The van der Waals surface area contributed by atoms with Crippen molar-refractivity contribution in [2.24, 2.45) is 0 Å². The molecule has 0 saturated carbocycles. The van der Waals surface area contributed by atoms with E-state index in [0.29, 0.717) is 57.3 Å². The number of fused-ring (bicyclic) bond motifs is 6. The van der Waals surface area contributed by atoms with E-state index in [1.165, 1.54) is 6.92 Å². The van der Waals surface area contributed by atoms with Crippen molar-refractivity contribution in [1.82, 2.24) is 59.8 Å². The van der Waals surface area contributed by atoms with E-state index in [-0.39, 0.29) is 43.1 Å². The van der Waals surface area contributed by atoms with Crippen LogP contribution in [0.4, 0.5) is 23.3 Å². The van der Waals surface area contributed by atoms with Crippen LogP contribution >= 0.6 is 34.8 Å². The van der Waals surface area contributed by atoms with Crippen LogP contribution in [0.1, 0.15) is 46.7 Å². The number of H-pyrrole nitrogens is 1. The molecule has 22 nitrogen and oxygen atoms in total. The Morgan fingerprint density at radius 1 is 0.449 bits per heavy atom. The smallest absolute Gasteiger partial charge is 0.303 e. The van der Waals surface area contributed by atoms with E-state index in [0.717, 1.165) is 77.8 Å². The quantitative estimate of drug-likeness (QED) is 0.0470. The molecule has 0 bridgehead atoms. The third kappa shape index (κ3) is 18.0. The number of halogens is 3. The summed E-state index contributed by atoms with van der Waals surface area (Å²) in [7, 11) is 15.4. The Morgan fingerprint density at radius 2 is 0.787 bits per heavy atom. The number of alkyl halides is 2. The maximum Gasteiger partial charge on any atom is 0.303 e. The van der Waals surface area contributed by atoms with Crippen LogP contribution in [-0.4, -0.2) is 139 Å². The SMILES string of the molecule is CC(=O)OCc1nc(N(C)C)c2ccccc2n1.CN(C)c1nc(C=O)nc2ccccc12.CN(C)c1nc(CCl)nc2ccccc12.CN(C)c1nc(CO)nc2ccccc12.ClCc1nc(Cl)c2ccccc2n1.O=c1[nH]c(CO)nc2ccccc12. The number of rotatable bonds is 11. The highest BCUT2D eigenvalue weighted by Crippen LogP contribution is 2.26. The minimum Gasteiger partial charge on any atom is -0.458 e. The van der Waals surface area contributed by atoms with Crippen molar-refractivity contribution in [3.8, 4) is 0 Å². The molecule has 6 heterocycles. The predicted molar refractivity (Wildman–Crippen MR) is 354 cm³/mol. The molecule has 0 amide bonds. The van der Waals surface area contributed by atoms with Crippen LogP contribution in [0.2, 0.25) is 5.15 Å². The molecule has 12 aromatic rings. The largest absolute Gasteiger partial charge is 0.458 e. The van der Waals surface area contributed by atoms with Gasteiger partial charge < -0.3 is 39.5 Å². The van der Waals surface area contributed by atoms with Gasteiger partial charge in [0.05, 0.1) is 50.2 Å². The van der Waals surface area contributed by atoms with Gasteiger partial charge in [0, 0.05) is 90.2 Å². The molecule has 0 atom stereocenters. The van der Waals surface area contributed by atoms with Crippen LogP contribution in [0.3, 0.4) is 0 Å². The van der Waals surface area contributed by atoms with Gasteiger partial charge in [-0.1, -0.05) is 84.4 Å². The molecule has 0 aliphatic carbocycles. The highest BCUT2D eigenvalue weighted by Gasteiger charge is 2.13. The van der Waals surface area contributed by atoms with E-state index in [9.17, 15) is 14.4 Å². The van der Waals surface area contributed by atoms with Gasteiger partial charge in [0.15, 0.2) is 30.4 Å². The third-order valence-electron chi connectivity index (χ3n) is 12.5. The van der Waals surface area contributed by atoms with Crippen LogP contribution in [0, 0.1) is 0 Å². The Bertz CT molecular complexity index is 4350. The van der Waals surface area contributed by atoms with E-state index in [1.807, 2.05) is 197 Å². The number of esters is 1. The Kier molecular flexibility index (Phi) is 24.3. The second-order valence-electron chi connectivity index (χ2n) is 19.9. The first-order valence-electron chi connectivity index (χ1n) is 27.4. The lowest BCUT2D eigenvalue weighted by Gasteiger charge is -2.15. The number of carbonyl (C=O) groups is 2. The third-order valence-corrected chi connectivity index (χ3v) is 13.3. The number of aldehydes is 1. The maximum atomic E-state index is 11.4. The Balaban J connectivity index is 0.000000153. The topological polar surface area (TPSA) is 271 Å². The molecule has 458 valence electrons. The van der Waals surface area contributed by atoms with Gasteiger partial charge in [-0.3, -0.25) is 14.4 Å². The lowest BCUT2D eigenvalue weighted by Crippen LogP contribution is -2.14. The summed E-state index contributed by atoms with van der Waals surface area (Å²) >= 11 is 17.3. The van der Waals surface area contributed by atoms with Gasteiger partial charge >= 0.3 is 5.97 Å². The number of carbonyl (C=O) groups excluding carboxylic acids is 2. The fourth-order valence-electron chi connectivity index (χ4n) is 8.53. The van der Waals surface area contributed by atoms with Crippen molar-refractivity contribution >= 4 is 136 Å². The van der Waals surface area contributed by atoms with Crippen molar-refractivity contribution < 1.29 is 24.5 Å². The minimum absolute atomic E-state index is 0.0982. The zero-order valence-corrected chi connectivity index (χ0v) is 52.6. The van der Waals surface area contributed by atoms with Gasteiger partial charge in [-0.15, -0.1) is 23.2 Å². The number of aromatic nitrogens is 12. The van der Waals surface area contributed by atoms with E-state index in [4.69, 9.17) is 49.8 Å². The summed E-state index contributed by atoms with van der Waals surface area (Å²) in [5.74, 6) is 6.33. The number of aliphatic hydroxyl groups excluding tert-OH is 2. The zero-order chi connectivity index (χ0) is 64.1. The molecule has 89 heavy (non-hydrogen) atoms. The van der Waals surface area contributed by atoms with Gasteiger partial charge in [0.25, 0.3) is 5.56 Å². The van der Waals surface area contributed by atoms with Crippen LogP contribution in [0.15, 0.2) is 150 Å². The first kappa shape index (κ1) is 66.8. The summed E-state index contributed by atoms with van der Waals surface area (Å²) in [4.78, 5) is 89.7. The van der Waals surface area contributed by atoms with Crippen LogP contribution in [-0.2, 0) is 41.1 Å². The fourth-order valence-corrected chi connectivity index (χ4v) is 9.02. The number of para-hydroxylation sites is 6. The van der Waals surface area contributed by atoms with Gasteiger partial charge in [-0.05, 0) is 72.8 Å². The Hall–Kier alpha value is -9.71. The molecule has 0 unspecified atom stereocenters. The van der Waals surface area contributed by atoms with Crippen molar-refractivity contribution in [3.05, 3.63) is 196 Å². The summed E-state index contributed by atoms with van der Waals surface area (Å²) < 4.78 is 4.93. The second kappa shape index (κ2) is 32.3. The molecule has 6 aromatic heterocycles. The molecular weight excluding hydrogens is 1200 g/mol. The average molecular weight is 1260 g/mol. The molecule has 0 radical (unpaired) electrons. The number of benzene rings is 6. The molecule has 0 saturated heterocycles. The summed E-state index contributed by atoms with van der Waals surface area (Å²) in [5.41, 5.74) is 4.66. The van der Waals surface area contributed by atoms with Crippen LogP contribution in [0.25, 0.3) is 65.4 Å². The van der Waals surface area contributed by atoms with E-state index >= 15 is 0 Å². The molecule has 6 aromatic carbocycles. The first-order chi connectivity index (χ1) is 42.9. The van der Waals surface area contributed by atoms with Gasteiger partial charge in [-0.25, -0.2) is 54.8 Å². The average Bonchev–Trinajstić information content (AvgIpc) is 3.60. The van der Waals surface area contributed by atoms with Crippen molar-refractivity contribution in [2.75, 3.05) is 76.0 Å². The lowest BCUT2D eigenvalue weighted by molar-refractivity contribution is -0.142. The molecule has 12 rings (SSSR count). The Labute approximate surface area is 527 Å².